The molecular weight excluding hydrogens is 270 g/mol. The van der Waals surface area contributed by atoms with Gasteiger partial charge in [0, 0.05) is 13.0 Å². The fraction of sp³-hybridized carbons (Fsp3) is 0.500. The maximum absolute atomic E-state index is 12.0. The summed E-state index contributed by atoms with van der Waals surface area (Å²) >= 11 is 0. The maximum Gasteiger partial charge on any atom is 0.326 e. The Morgan fingerprint density at radius 3 is 2.71 bits per heavy atom. The standard InChI is InChI=1S/C16H21NO4/c1-10-5-6-12(8-11(10)2)9-13(16(19)20)17-15(18)14-4-3-7-21-14/h5-6,8,13-14H,3-4,7,9H2,1-2H3,(H,17,18)(H,19,20)/t13-,14-/m0/s1. The van der Waals surface area contributed by atoms with Crippen LogP contribution in [-0.2, 0) is 20.7 Å². The van der Waals surface area contributed by atoms with Crippen LogP contribution in [-0.4, -0.2) is 35.7 Å². The van der Waals surface area contributed by atoms with Crippen molar-refractivity contribution < 1.29 is 19.4 Å². The van der Waals surface area contributed by atoms with Gasteiger partial charge in [0.05, 0.1) is 0 Å². The fourth-order valence-electron chi connectivity index (χ4n) is 2.42. The lowest BCUT2D eigenvalue weighted by molar-refractivity contribution is -0.143. The quantitative estimate of drug-likeness (QED) is 0.864. The number of rotatable bonds is 5. The van der Waals surface area contributed by atoms with E-state index in [0.717, 1.165) is 23.1 Å². The Bertz CT molecular complexity index is 535. The van der Waals surface area contributed by atoms with Gasteiger partial charge in [-0.05, 0) is 43.4 Å². The minimum Gasteiger partial charge on any atom is -0.480 e. The number of aliphatic carboxylic acids is 1. The highest BCUT2D eigenvalue weighted by Crippen LogP contribution is 2.14. The Labute approximate surface area is 124 Å². The molecule has 1 aromatic carbocycles. The lowest BCUT2D eigenvalue weighted by atomic mass is 10.0. The molecule has 1 aromatic rings. The molecule has 2 rings (SSSR count). The third-order valence-electron chi connectivity index (χ3n) is 3.85. The Balaban J connectivity index is 2.03. The molecule has 0 spiro atoms. The van der Waals surface area contributed by atoms with Gasteiger partial charge >= 0.3 is 5.97 Å². The van der Waals surface area contributed by atoms with E-state index < -0.39 is 18.1 Å². The summed E-state index contributed by atoms with van der Waals surface area (Å²) in [5.74, 6) is -1.36. The van der Waals surface area contributed by atoms with Gasteiger partial charge in [0.15, 0.2) is 0 Å². The summed E-state index contributed by atoms with van der Waals surface area (Å²) in [6.07, 6.45) is 1.26. The van der Waals surface area contributed by atoms with E-state index in [9.17, 15) is 14.7 Å². The van der Waals surface area contributed by atoms with Gasteiger partial charge < -0.3 is 15.2 Å². The highest BCUT2D eigenvalue weighted by atomic mass is 16.5. The number of benzene rings is 1. The number of amides is 1. The van der Waals surface area contributed by atoms with E-state index in [2.05, 4.69) is 5.32 Å². The smallest absolute Gasteiger partial charge is 0.326 e. The molecule has 1 amide bonds. The Hall–Kier alpha value is -1.88. The van der Waals surface area contributed by atoms with Crippen molar-refractivity contribution in [2.75, 3.05) is 6.61 Å². The second-order valence-corrected chi connectivity index (χ2v) is 5.52. The number of carboxylic acid groups (broad SMARTS) is 1. The zero-order valence-corrected chi connectivity index (χ0v) is 12.4. The number of hydrogen-bond acceptors (Lipinski definition) is 3. The molecule has 0 saturated carbocycles. The van der Waals surface area contributed by atoms with Crippen LogP contribution in [0.3, 0.4) is 0 Å². The minimum absolute atomic E-state index is 0.273. The van der Waals surface area contributed by atoms with E-state index in [1.165, 1.54) is 0 Å². The summed E-state index contributed by atoms with van der Waals surface area (Å²) in [7, 11) is 0. The first-order valence-corrected chi connectivity index (χ1v) is 7.18. The van der Waals surface area contributed by atoms with Crippen LogP contribution in [0.2, 0.25) is 0 Å². The number of carboxylic acids is 1. The van der Waals surface area contributed by atoms with E-state index in [4.69, 9.17) is 4.74 Å². The molecule has 5 nitrogen and oxygen atoms in total. The minimum atomic E-state index is -1.03. The third-order valence-corrected chi connectivity index (χ3v) is 3.85. The summed E-state index contributed by atoms with van der Waals surface area (Å²) in [5.41, 5.74) is 3.18. The van der Waals surface area contributed by atoms with Crippen molar-refractivity contribution in [1.29, 1.82) is 0 Å². The first kappa shape index (κ1) is 15.5. The van der Waals surface area contributed by atoms with Crippen LogP contribution in [0.15, 0.2) is 18.2 Å². The molecule has 0 unspecified atom stereocenters. The molecular formula is C16H21NO4. The first-order chi connectivity index (χ1) is 9.97. The fourth-order valence-corrected chi connectivity index (χ4v) is 2.42. The Morgan fingerprint density at radius 2 is 2.14 bits per heavy atom. The molecule has 1 saturated heterocycles. The number of hydrogen-bond donors (Lipinski definition) is 2. The second kappa shape index (κ2) is 6.72. The van der Waals surface area contributed by atoms with Crippen LogP contribution in [0.1, 0.15) is 29.5 Å². The number of ether oxygens (including phenoxy) is 1. The predicted molar refractivity (Wildman–Crippen MR) is 78.2 cm³/mol. The van der Waals surface area contributed by atoms with E-state index >= 15 is 0 Å². The second-order valence-electron chi connectivity index (χ2n) is 5.52. The van der Waals surface area contributed by atoms with Crippen LogP contribution in [0, 0.1) is 13.8 Å². The summed E-state index contributed by atoms with van der Waals surface area (Å²) in [6, 6.07) is 4.90. The van der Waals surface area contributed by atoms with Gasteiger partial charge in [0.1, 0.15) is 12.1 Å². The number of carbonyl (C=O) groups is 2. The molecule has 21 heavy (non-hydrogen) atoms. The SMILES string of the molecule is Cc1ccc(C[C@H](NC(=O)[C@@H]2CCCO2)C(=O)O)cc1C. The van der Waals surface area contributed by atoms with E-state index in [-0.39, 0.29) is 12.3 Å². The van der Waals surface area contributed by atoms with Crippen molar-refractivity contribution in [3.05, 3.63) is 34.9 Å². The zero-order chi connectivity index (χ0) is 15.4. The zero-order valence-electron chi connectivity index (χ0n) is 12.4. The summed E-state index contributed by atoms with van der Waals surface area (Å²) in [6.45, 7) is 4.56. The van der Waals surface area contributed by atoms with Crippen molar-refractivity contribution in [1.82, 2.24) is 5.32 Å². The average molecular weight is 291 g/mol. The van der Waals surface area contributed by atoms with Crippen LogP contribution < -0.4 is 5.32 Å². The molecule has 0 aromatic heterocycles. The van der Waals surface area contributed by atoms with Crippen LogP contribution in [0.25, 0.3) is 0 Å². The van der Waals surface area contributed by atoms with E-state index in [1.54, 1.807) is 0 Å². The van der Waals surface area contributed by atoms with Crippen LogP contribution in [0.4, 0.5) is 0 Å². The topological polar surface area (TPSA) is 75.6 Å². The molecule has 1 aliphatic rings. The van der Waals surface area contributed by atoms with Crippen molar-refractivity contribution >= 4 is 11.9 Å². The van der Waals surface area contributed by atoms with Gasteiger partial charge in [0.25, 0.3) is 0 Å². The largest absolute Gasteiger partial charge is 0.480 e. The van der Waals surface area contributed by atoms with Gasteiger partial charge in [-0.1, -0.05) is 18.2 Å². The van der Waals surface area contributed by atoms with Gasteiger partial charge in [-0.15, -0.1) is 0 Å². The number of carbonyl (C=O) groups excluding carboxylic acids is 1. The highest BCUT2D eigenvalue weighted by Gasteiger charge is 2.28. The monoisotopic (exact) mass is 291 g/mol. The molecule has 0 radical (unpaired) electrons. The molecule has 0 aliphatic carbocycles. The summed E-state index contributed by atoms with van der Waals surface area (Å²) in [5, 5.41) is 11.9. The predicted octanol–water partition coefficient (Wildman–Crippen LogP) is 1.59. The summed E-state index contributed by atoms with van der Waals surface area (Å²) in [4.78, 5) is 23.3. The molecule has 5 heteroatoms. The lowest BCUT2D eigenvalue weighted by Crippen LogP contribution is -2.46. The molecule has 2 N–H and O–H groups in total. The van der Waals surface area contributed by atoms with Crippen LogP contribution >= 0.6 is 0 Å². The lowest BCUT2D eigenvalue weighted by Gasteiger charge is -2.17. The summed E-state index contributed by atoms with van der Waals surface area (Å²) < 4.78 is 5.28. The van der Waals surface area contributed by atoms with Gasteiger partial charge in [-0.3, -0.25) is 4.79 Å². The van der Waals surface area contributed by atoms with Crippen molar-refractivity contribution in [2.45, 2.75) is 45.3 Å². The van der Waals surface area contributed by atoms with Crippen molar-refractivity contribution in [3.8, 4) is 0 Å². The van der Waals surface area contributed by atoms with Crippen molar-refractivity contribution in [2.24, 2.45) is 0 Å². The number of aryl methyl sites for hydroxylation is 2. The normalized spacial score (nSPS) is 19.2. The van der Waals surface area contributed by atoms with Gasteiger partial charge in [-0.25, -0.2) is 4.79 Å². The molecule has 114 valence electrons. The van der Waals surface area contributed by atoms with E-state index in [0.29, 0.717) is 13.0 Å². The van der Waals surface area contributed by atoms with Gasteiger partial charge in [-0.2, -0.15) is 0 Å². The van der Waals surface area contributed by atoms with Gasteiger partial charge in [0.2, 0.25) is 5.91 Å². The first-order valence-electron chi connectivity index (χ1n) is 7.18. The molecule has 1 aliphatic heterocycles. The molecule has 1 heterocycles. The maximum atomic E-state index is 12.0. The van der Waals surface area contributed by atoms with E-state index in [1.807, 2.05) is 32.0 Å². The number of nitrogens with one attached hydrogen (secondary N) is 1. The molecule has 1 fully saturated rings. The highest BCUT2D eigenvalue weighted by molar-refractivity contribution is 5.86. The third kappa shape index (κ3) is 4.04. The molecule has 2 atom stereocenters. The average Bonchev–Trinajstić information content (AvgIpc) is 2.96. The molecule has 0 bridgehead atoms. The Kier molecular flexibility index (Phi) is 4.96. The van der Waals surface area contributed by atoms with Crippen molar-refractivity contribution in [3.63, 3.8) is 0 Å². The Morgan fingerprint density at radius 1 is 1.38 bits per heavy atom. The van der Waals surface area contributed by atoms with Crippen LogP contribution in [0.5, 0.6) is 0 Å².